The van der Waals surface area contributed by atoms with Crippen LogP contribution in [0.25, 0.3) is 0 Å². The van der Waals surface area contributed by atoms with E-state index in [1.54, 1.807) is 0 Å². The van der Waals surface area contributed by atoms with E-state index in [-0.39, 0.29) is 5.41 Å². The van der Waals surface area contributed by atoms with E-state index in [2.05, 4.69) is 76.7 Å². The molecule has 1 heterocycles. The van der Waals surface area contributed by atoms with Gasteiger partial charge in [-0.1, -0.05) is 50.7 Å². The summed E-state index contributed by atoms with van der Waals surface area (Å²) >= 11 is 6.41. The molecule has 1 atom stereocenters. The van der Waals surface area contributed by atoms with E-state index in [0.717, 1.165) is 4.90 Å². The summed E-state index contributed by atoms with van der Waals surface area (Å²) in [6, 6.07) is 13.5. The van der Waals surface area contributed by atoms with Gasteiger partial charge in [0.05, 0.1) is 0 Å². The molecule has 1 aliphatic rings. The van der Waals surface area contributed by atoms with Crippen molar-refractivity contribution in [2.24, 2.45) is 5.92 Å². The number of rotatable bonds is 2. The average Bonchev–Trinajstić information content (AvgIpc) is 2.36. The van der Waals surface area contributed by atoms with E-state index in [1.165, 1.54) is 32.9 Å². The lowest BCUT2D eigenvalue weighted by atomic mass is 9.70. The van der Waals surface area contributed by atoms with Gasteiger partial charge in [-0.2, -0.15) is 0 Å². The Kier molecular flexibility index (Phi) is 3.87. The third-order valence-electron chi connectivity index (χ3n) is 4.33. The highest BCUT2D eigenvalue weighted by molar-refractivity contribution is 7.99. The molecule has 0 aliphatic carbocycles. The molecule has 0 radical (unpaired) electrons. The van der Waals surface area contributed by atoms with Crippen LogP contribution in [0.4, 0.5) is 0 Å². The van der Waals surface area contributed by atoms with Crippen molar-refractivity contribution in [3.05, 3.63) is 53.1 Å². The molecular formula is C19H22S2. The van der Waals surface area contributed by atoms with Crippen molar-refractivity contribution in [1.29, 1.82) is 0 Å². The highest BCUT2D eigenvalue weighted by Crippen LogP contribution is 2.52. The normalized spacial score (nSPS) is 20.3. The summed E-state index contributed by atoms with van der Waals surface area (Å²) in [5.41, 5.74) is 4.36. The predicted molar refractivity (Wildman–Crippen MR) is 94.9 cm³/mol. The summed E-state index contributed by atoms with van der Waals surface area (Å²) < 4.78 is 0. The molecule has 2 heteroatoms. The van der Waals surface area contributed by atoms with E-state index in [0.29, 0.717) is 5.92 Å². The van der Waals surface area contributed by atoms with Crippen LogP contribution in [-0.4, -0.2) is 0 Å². The van der Waals surface area contributed by atoms with Gasteiger partial charge in [-0.05, 0) is 54.2 Å². The molecule has 0 nitrogen and oxygen atoms in total. The van der Waals surface area contributed by atoms with Crippen molar-refractivity contribution < 1.29 is 0 Å². The molecule has 0 aromatic heterocycles. The first kappa shape index (κ1) is 15.1. The lowest BCUT2D eigenvalue weighted by Crippen LogP contribution is -2.29. The lowest BCUT2D eigenvalue weighted by Gasteiger charge is -2.39. The summed E-state index contributed by atoms with van der Waals surface area (Å²) in [7, 11) is 0. The van der Waals surface area contributed by atoms with Crippen molar-refractivity contribution in [3.63, 3.8) is 0 Å². The first-order chi connectivity index (χ1) is 9.90. The summed E-state index contributed by atoms with van der Waals surface area (Å²) in [5, 5.41) is 0. The standard InChI is InChI=1S/C19H22S2/c1-12(2)11-19(4)15-7-5-13(3)9-17(15)21-18-10-14(20)6-8-16(18)19/h5-10,12,20H,11H2,1-4H3. The Labute approximate surface area is 137 Å². The molecule has 0 saturated heterocycles. The maximum absolute atomic E-state index is 4.52. The molecule has 3 rings (SSSR count). The molecular weight excluding hydrogens is 292 g/mol. The van der Waals surface area contributed by atoms with Crippen LogP contribution in [0.3, 0.4) is 0 Å². The first-order valence-corrected chi connectivity index (χ1v) is 8.79. The van der Waals surface area contributed by atoms with Gasteiger partial charge in [0, 0.05) is 20.1 Å². The molecule has 0 spiro atoms. The predicted octanol–water partition coefficient (Wildman–Crippen LogP) is 6.10. The largest absolute Gasteiger partial charge is 0.143 e. The number of thiol groups is 1. The van der Waals surface area contributed by atoms with Crippen molar-refractivity contribution in [3.8, 4) is 0 Å². The van der Waals surface area contributed by atoms with Gasteiger partial charge < -0.3 is 0 Å². The molecule has 0 N–H and O–H groups in total. The SMILES string of the molecule is Cc1ccc2c(c1)Sc1cc(S)ccc1C2(C)CC(C)C. The molecule has 2 aromatic rings. The Balaban J connectivity index is 2.23. The Morgan fingerprint density at radius 2 is 1.67 bits per heavy atom. The van der Waals surface area contributed by atoms with E-state index in [9.17, 15) is 0 Å². The van der Waals surface area contributed by atoms with Gasteiger partial charge in [-0.3, -0.25) is 0 Å². The van der Waals surface area contributed by atoms with Gasteiger partial charge in [0.1, 0.15) is 0 Å². The molecule has 1 unspecified atom stereocenters. The summed E-state index contributed by atoms with van der Waals surface area (Å²) in [6.45, 7) is 9.20. The van der Waals surface area contributed by atoms with E-state index in [4.69, 9.17) is 0 Å². The van der Waals surface area contributed by atoms with Crippen molar-refractivity contribution >= 4 is 24.4 Å². The van der Waals surface area contributed by atoms with Gasteiger partial charge in [-0.25, -0.2) is 0 Å². The highest BCUT2D eigenvalue weighted by atomic mass is 32.2. The molecule has 21 heavy (non-hydrogen) atoms. The molecule has 0 fully saturated rings. The number of hydrogen-bond donors (Lipinski definition) is 1. The Morgan fingerprint density at radius 1 is 1.05 bits per heavy atom. The van der Waals surface area contributed by atoms with Crippen LogP contribution in [0.2, 0.25) is 0 Å². The minimum atomic E-state index is 0.0965. The second-order valence-corrected chi connectivity index (χ2v) is 8.31. The molecule has 0 bridgehead atoms. The second-order valence-electron chi connectivity index (χ2n) is 6.71. The van der Waals surface area contributed by atoms with Crippen LogP contribution in [-0.2, 0) is 5.41 Å². The van der Waals surface area contributed by atoms with E-state index < -0.39 is 0 Å². The molecule has 1 aliphatic heterocycles. The smallest absolute Gasteiger partial charge is 0.0199 e. The Morgan fingerprint density at radius 3 is 2.33 bits per heavy atom. The fourth-order valence-electron chi connectivity index (χ4n) is 3.52. The third-order valence-corrected chi connectivity index (χ3v) is 5.72. The molecule has 110 valence electrons. The summed E-state index contributed by atoms with van der Waals surface area (Å²) in [6.07, 6.45) is 1.17. The van der Waals surface area contributed by atoms with Gasteiger partial charge in [-0.15, -0.1) is 12.6 Å². The topological polar surface area (TPSA) is 0 Å². The average molecular weight is 315 g/mol. The maximum atomic E-state index is 4.52. The van der Waals surface area contributed by atoms with Crippen molar-refractivity contribution in [2.75, 3.05) is 0 Å². The van der Waals surface area contributed by atoms with Gasteiger partial charge >= 0.3 is 0 Å². The van der Waals surface area contributed by atoms with E-state index in [1.807, 2.05) is 11.8 Å². The van der Waals surface area contributed by atoms with Crippen molar-refractivity contribution in [2.45, 2.75) is 54.2 Å². The minimum absolute atomic E-state index is 0.0965. The zero-order chi connectivity index (χ0) is 15.2. The van der Waals surface area contributed by atoms with Crippen LogP contribution in [0, 0.1) is 12.8 Å². The number of hydrogen-bond acceptors (Lipinski definition) is 2. The van der Waals surface area contributed by atoms with Crippen LogP contribution in [0.15, 0.2) is 51.1 Å². The monoisotopic (exact) mass is 314 g/mol. The molecule has 0 saturated carbocycles. The van der Waals surface area contributed by atoms with Gasteiger partial charge in [0.2, 0.25) is 0 Å². The maximum Gasteiger partial charge on any atom is 0.0199 e. The lowest BCUT2D eigenvalue weighted by molar-refractivity contribution is 0.414. The number of aryl methyl sites for hydroxylation is 1. The summed E-state index contributed by atoms with van der Waals surface area (Å²) in [5.74, 6) is 0.663. The zero-order valence-electron chi connectivity index (χ0n) is 13.1. The van der Waals surface area contributed by atoms with E-state index >= 15 is 0 Å². The Bertz CT molecular complexity index is 634. The van der Waals surface area contributed by atoms with Crippen molar-refractivity contribution in [1.82, 2.24) is 0 Å². The fraction of sp³-hybridized carbons (Fsp3) is 0.368. The second kappa shape index (κ2) is 5.40. The van der Waals surface area contributed by atoms with Gasteiger partial charge in [0.25, 0.3) is 0 Å². The number of fused-ring (bicyclic) bond motifs is 2. The van der Waals surface area contributed by atoms with Crippen LogP contribution < -0.4 is 0 Å². The molecule has 0 amide bonds. The van der Waals surface area contributed by atoms with Crippen LogP contribution in [0.1, 0.15) is 43.9 Å². The van der Waals surface area contributed by atoms with Crippen LogP contribution in [0.5, 0.6) is 0 Å². The zero-order valence-corrected chi connectivity index (χ0v) is 14.8. The van der Waals surface area contributed by atoms with Crippen LogP contribution >= 0.6 is 24.4 Å². The quantitative estimate of drug-likeness (QED) is 0.653. The Hall–Kier alpha value is -0.860. The minimum Gasteiger partial charge on any atom is -0.143 e. The highest BCUT2D eigenvalue weighted by Gasteiger charge is 2.37. The first-order valence-electron chi connectivity index (χ1n) is 7.52. The summed E-state index contributed by atoms with van der Waals surface area (Å²) in [4.78, 5) is 3.82. The third kappa shape index (κ3) is 2.64. The van der Waals surface area contributed by atoms with Gasteiger partial charge in [0.15, 0.2) is 0 Å². The number of benzene rings is 2. The molecule has 2 aromatic carbocycles. The fourth-order valence-corrected chi connectivity index (χ4v) is 5.29.